The molecule has 0 saturated carbocycles. The molecule has 0 aliphatic carbocycles. The van der Waals surface area contributed by atoms with E-state index in [4.69, 9.17) is 11.1 Å². The summed E-state index contributed by atoms with van der Waals surface area (Å²) in [5.41, 5.74) is 7.73. The van der Waals surface area contributed by atoms with Gasteiger partial charge in [0, 0.05) is 29.6 Å². The average molecular weight is 247 g/mol. The molecule has 0 unspecified atom stereocenters. The van der Waals surface area contributed by atoms with Crippen LogP contribution in [0.4, 0.5) is 11.4 Å². The number of anilines is 2. The minimum atomic E-state index is -0.00747. The van der Waals surface area contributed by atoms with Crippen molar-refractivity contribution in [2.45, 2.75) is 33.6 Å². The monoisotopic (exact) mass is 247 g/mol. The molecule has 1 rings (SSSR count). The molecular formula is C14H21N3O. The Kier molecular flexibility index (Phi) is 4.48. The van der Waals surface area contributed by atoms with Crippen molar-refractivity contribution < 1.29 is 4.79 Å². The van der Waals surface area contributed by atoms with E-state index in [2.05, 4.69) is 26.1 Å². The Morgan fingerprint density at radius 3 is 2.61 bits per heavy atom. The van der Waals surface area contributed by atoms with Gasteiger partial charge >= 0.3 is 0 Å². The van der Waals surface area contributed by atoms with Gasteiger partial charge in [-0.1, -0.05) is 20.8 Å². The lowest BCUT2D eigenvalue weighted by Crippen LogP contribution is -2.15. The summed E-state index contributed by atoms with van der Waals surface area (Å²) in [6.07, 6.45) is 2.53. The average Bonchev–Trinajstić information content (AvgIpc) is 2.26. The quantitative estimate of drug-likeness (QED) is 0.564. The summed E-state index contributed by atoms with van der Waals surface area (Å²) in [5, 5.41) is 9.95. The maximum Gasteiger partial charge on any atom is 0.224 e. The van der Waals surface area contributed by atoms with Gasteiger partial charge in [0.1, 0.15) is 0 Å². The smallest absolute Gasteiger partial charge is 0.224 e. The predicted molar refractivity (Wildman–Crippen MR) is 76.1 cm³/mol. The molecule has 4 nitrogen and oxygen atoms in total. The Balaban J connectivity index is 2.60. The van der Waals surface area contributed by atoms with Gasteiger partial charge in [-0.25, -0.2) is 0 Å². The first-order valence-electron chi connectivity index (χ1n) is 6.02. The molecule has 0 bridgehead atoms. The Bertz CT molecular complexity index is 447. The van der Waals surface area contributed by atoms with Crippen LogP contribution in [0.3, 0.4) is 0 Å². The Morgan fingerprint density at radius 2 is 2.11 bits per heavy atom. The van der Waals surface area contributed by atoms with E-state index in [1.807, 2.05) is 0 Å². The molecule has 0 aliphatic heterocycles. The molecule has 0 fully saturated rings. The Labute approximate surface area is 108 Å². The maximum atomic E-state index is 11.7. The second kappa shape index (κ2) is 5.67. The number of nitrogen functional groups attached to an aromatic ring is 1. The Hall–Kier alpha value is -1.84. The fourth-order valence-corrected chi connectivity index (χ4v) is 1.50. The van der Waals surface area contributed by atoms with Crippen molar-refractivity contribution in [3.05, 3.63) is 23.8 Å². The van der Waals surface area contributed by atoms with Crippen LogP contribution in [0.5, 0.6) is 0 Å². The van der Waals surface area contributed by atoms with Gasteiger partial charge in [-0.2, -0.15) is 0 Å². The third kappa shape index (κ3) is 4.57. The lowest BCUT2D eigenvalue weighted by Gasteiger charge is -2.17. The molecule has 98 valence electrons. The van der Waals surface area contributed by atoms with E-state index in [0.717, 1.165) is 6.42 Å². The molecule has 0 heterocycles. The fraction of sp³-hybridized carbons (Fsp3) is 0.429. The van der Waals surface area contributed by atoms with Gasteiger partial charge in [0.25, 0.3) is 0 Å². The Morgan fingerprint density at radius 1 is 1.44 bits per heavy atom. The highest BCUT2D eigenvalue weighted by atomic mass is 16.1. The molecule has 0 aromatic heterocycles. The molecule has 1 aromatic rings. The van der Waals surface area contributed by atoms with Crippen molar-refractivity contribution >= 4 is 23.5 Å². The molecule has 18 heavy (non-hydrogen) atoms. The van der Waals surface area contributed by atoms with Gasteiger partial charge in [-0.05, 0) is 30.0 Å². The number of amides is 1. The van der Waals surface area contributed by atoms with Crippen LogP contribution in [0.25, 0.3) is 0 Å². The minimum absolute atomic E-state index is 0.00747. The number of hydrogen-bond donors (Lipinski definition) is 3. The number of rotatable bonds is 4. The first kappa shape index (κ1) is 14.2. The number of nitrogens with two attached hydrogens (primary N) is 1. The largest absolute Gasteiger partial charge is 0.398 e. The van der Waals surface area contributed by atoms with Crippen LogP contribution in [-0.4, -0.2) is 12.1 Å². The lowest BCUT2D eigenvalue weighted by molar-refractivity contribution is -0.116. The summed E-state index contributed by atoms with van der Waals surface area (Å²) in [7, 11) is 0. The van der Waals surface area contributed by atoms with E-state index in [9.17, 15) is 4.79 Å². The van der Waals surface area contributed by atoms with Crippen LogP contribution >= 0.6 is 0 Å². The van der Waals surface area contributed by atoms with Gasteiger partial charge in [-0.15, -0.1) is 0 Å². The number of benzene rings is 1. The molecule has 0 saturated heterocycles. The van der Waals surface area contributed by atoms with Gasteiger partial charge < -0.3 is 16.5 Å². The van der Waals surface area contributed by atoms with Crippen molar-refractivity contribution in [3.63, 3.8) is 0 Å². The highest BCUT2D eigenvalue weighted by Gasteiger charge is 2.13. The van der Waals surface area contributed by atoms with E-state index < -0.39 is 0 Å². The third-order valence-electron chi connectivity index (χ3n) is 2.63. The van der Waals surface area contributed by atoms with Crippen LogP contribution in [0, 0.1) is 10.8 Å². The van der Waals surface area contributed by atoms with Gasteiger partial charge in [0.2, 0.25) is 5.91 Å². The van der Waals surface area contributed by atoms with Gasteiger partial charge in [0.15, 0.2) is 0 Å². The highest BCUT2D eigenvalue weighted by molar-refractivity contribution is 5.93. The van der Waals surface area contributed by atoms with Crippen LogP contribution in [0.15, 0.2) is 18.2 Å². The molecule has 4 heteroatoms. The minimum Gasteiger partial charge on any atom is -0.398 e. The summed E-state index contributed by atoms with van der Waals surface area (Å²) in [6.45, 7) is 6.32. The second-order valence-corrected chi connectivity index (χ2v) is 5.60. The molecule has 0 spiro atoms. The third-order valence-corrected chi connectivity index (χ3v) is 2.63. The van der Waals surface area contributed by atoms with Crippen LogP contribution < -0.4 is 11.1 Å². The first-order chi connectivity index (χ1) is 8.31. The molecule has 0 radical (unpaired) electrons. The summed E-state index contributed by atoms with van der Waals surface area (Å²) < 4.78 is 0. The summed E-state index contributed by atoms with van der Waals surface area (Å²) in [6, 6.07) is 5.16. The predicted octanol–water partition coefficient (Wildman–Crippen LogP) is 3.03. The van der Waals surface area contributed by atoms with E-state index in [1.165, 1.54) is 6.21 Å². The van der Waals surface area contributed by atoms with Crippen molar-refractivity contribution in [3.8, 4) is 0 Å². The van der Waals surface area contributed by atoms with Crippen LogP contribution in [-0.2, 0) is 4.79 Å². The van der Waals surface area contributed by atoms with E-state index >= 15 is 0 Å². The topological polar surface area (TPSA) is 79.0 Å². The van der Waals surface area contributed by atoms with Gasteiger partial charge in [0.05, 0.1) is 0 Å². The first-order valence-corrected chi connectivity index (χ1v) is 6.02. The number of carbonyl (C=O) groups excluding carboxylic acids is 1. The van der Waals surface area contributed by atoms with Crippen molar-refractivity contribution in [1.29, 1.82) is 5.41 Å². The van der Waals surface area contributed by atoms with Crippen LogP contribution in [0.1, 0.15) is 39.2 Å². The number of carbonyl (C=O) groups is 1. The molecule has 0 aliphatic rings. The normalized spacial score (nSPS) is 11.1. The van der Waals surface area contributed by atoms with E-state index in [-0.39, 0.29) is 11.3 Å². The zero-order valence-electron chi connectivity index (χ0n) is 11.2. The zero-order chi connectivity index (χ0) is 13.8. The highest BCUT2D eigenvalue weighted by Crippen LogP contribution is 2.21. The SMILES string of the molecule is CC(C)(C)CCC(=O)Nc1ccc(C=N)c(N)c1. The number of hydrogen-bond acceptors (Lipinski definition) is 3. The maximum absolute atomic E-state index is 11.7. The molecule has 1 aromatic carbocycles. The molecule has 0 atom stereocenters. The summed E-state index contributed by atoms with van der Waals surface area (Å²) >= 11 is 0. The van der Waals surface area contributed by atoms with E-state index in [0.29, 0.717) is 23.4 Å². The standard InChI is InChI=1S/C14H21N3O/c1-14(2,3)7-6-13(18)17-11-5-4-10(9-15)12(16)8-11/h4-5,8-9,15H,6-7,16H2,1-3H3,(H,17,18). The molecule has 4 N–H and O–H groups in total. The van der Waals surface area contributed by atoms with Gasteiger partial charge in [-0.3, -0.25) is 4.79 Å². The van der Waals surface area contributed by atoms with Crippen molar-refractivity contribution in [2.75, 3.05) is 11.1 Å². The van der Waals surface area contributed by atoms with Crippen LogP contribution in [0.2, 0.25) is 0 Å². The second-order valence-electron chi connectivity index (χ2n) is 5.60. The summed E-state index contributed by atoms with van der Waals surface area (Å²) in [5.74, 6) is -0.00747. The molecular weight excluding hydrogens is 226 g/mol. The van der Waals surface area contributed by atoms with E-state index in [1.54, 1.807) is 18.2 Å². The van der Waals surface area contributed by atoms with Crippen molar-refractivity contribution in [2.24, 2.45) is 5.41 Å². The molecule has 1 amide bonds. The lowest BCUT2D eigenvalue weighted by atomic mass is 9.90. The fourth-order valence-electron chi connectivity index (χ4n) is 1.50. The number of nitrogens with one attached hydrogen (secondary N) is 2. The summed E-state index contributed by atoms with van der Waals surface area (Å²) in [4.78, 5) is 11.7. The van der Waals surface area contributed by atoms with Crippen molar-refractivity contribution in [1.82, 2.24) is 0 Å². The zero-order valence-corrected chi connectivity index (χ0v) is 11.2.